The standard InChI is InChI=1S/C23H30O/c1-18(2)15-21(16-19(3)24)10-6-4-5-9-20-13-14-22-11-7-8-12-23(22)17-20/h6-8,10-14,17-18,21H,4-5,9,15-16H2,1-3H3/b10-6+/t21-/m0/s1. The number of unbranched alkanes of at least 4 members (excludes halogenated alkanes) is 1. The van der Waals surface area contributed by atoms with Crippen LogP contribution in [0.2, 0.25) is 0 Å². The molecule has 0 unspecified atom stereocenters. The maximum atomic E-state index is 11.4. The zero-order valence-electron chi connectivity index (χ0n) is 15.3. The molecular weight excluding hydrogens is 292 g/mol. The Bertz CT molecular complexity index is 681. The Morgan fingerprint density at radius 1 is 1.08 bits per heavy atom. The molecule has 128 valence electrons. The highest BCUT2D eigenvalue weighted by Gasteiger charge is 2.09. The van der Waals surface area contributed by atoms with Crippen molar-refractivity contribution in [1.29, 1.82) is 0 Å². The summed E-state index contributed by atoms with van der Waals surface area (Å²) >= 11 is 0. The Kier molecular flexibility index (Phi) is 7.24. The van der Waals surface area contributed by atoms with Crippen LogP contribution in [0.4, 0.5) is 0 Å². The van der Waals surface area contributed by atoms with Crippen molar-refractivity contribution in [3.8, 4) is 0 Å². The Labute approximate surface area is 146 Å². The molecule has 2 aromatic rings. The first kappa shape index (κ1) is 18.4. The van der Waals surface area contributed by atoms with Gasteiger partial charge in [0.1, 0.15) is 5.78 Å². The van der Waals surface area contributed by atoms with Gasteiger partial charge in [0, 0.05) is 6.42 Å². The lowest BCUT2D eigenvalue weighted by Crippen LogP contribution is -2.06. The van der Waals surface area contributed by atoms with E-state index in [-0.39, 0.29) is 0 Å². The fraction of sp³-hybridized carbons (Fsp3) is 0.435. The van der Waals surface area contributed by atoms with Crippen LogP contribution < -0.4 is 0 Å². The van der Waals surface area contributed by atoms with E-state index in [9.17, 15) is 4.79 Å². The predicted molar refractivity (Wildman–Crippen MR) is 104 cm³/mol. The molecule has 1 nitrogen and oxygen atoms in total. The monoisotopic (exact) mass is 322 g/mol. The number of fused-ring (bicyclic) bond motifs is 1. The van der Waals surface area contributed by atoms with Gasteiger partial charge in [-0.3, -0.25) is 0 Å². The first-order chi connectivity index (χ1) is 11.5. The van der Waals surface area contributed by atoms with E-state index < -0.39 is 0 Å². The first-order valence-electron chi connectivity index (χ1n) is 9.18. The maximum absolute atomic E-state index is 11.4. The van der Waals surface area contributed by atoms with Crippen LogP contribution in [0.15, 0.2) is 54.6 Å². The Morgan fingerprint density at radius 3 is 2.54 bits per heavy atom. The van der Waals surface area contributed by atoms with Crippen molar-refractivity contribution < 1.29 is 4.79 Å². The van der Waals surface area contributed by atoms with E-state index in [4.69, 9.17) is 0 Å². The van der Waals surface area contributed by atoms with Crippen molar-refractivity contribution in [3.63, 3.8) is 0 Å². The first-order valence-corrected chi connectivity index (χ1v) is 9.18. The highest BCUT2D eigenvalue weighted by atomic mass is 16.1. The predicted octanol–water partition coefficient (Wildman–Crippen LogP) is 6.36. The molecule has 2 aromatic carbocycles. The average Bonchev–Trinajstić information content (AvgIpc) is 2.53. The molecule has 0 amide bonds. The van der Waals surface area contributed by atoms with Crippen LogP contribution in [0, 0.1) is 11.8 Å². The molecule has 0 saturated heterocycles. The third-order valence-electron chi connectivity index (χ3n) is 4.38. The summed E-state index contributed by atoms with van der Waals surface area (Å²) in [7, 11) is 0. The molecule has 0 aliphatic heterocycles. The van der Waals surface area contributed by atoms with E-state index in [1.165, 1.54) is 16.3 Å². The van der Waals surface area contributed by atoms with Crippen LogP contribution in [-0.2, 0) is 11.2 Å². The molecule has 2 rings (SSSR count). The van der Waals surface area contributed by atoms with Crippen molar-refractivity contribution in [2.24, 2.45) is 11.8 Å². The summed E-state index contributed by atoms with van der Waals surface area (Å²) in [5.74, 6) is 1.33. The van der Waals surface area contributed by atoms with Gasteiger partial charge in [0.25, 0.3) is 0 Å². The number of aryl methyl sites for hydroxylation is 1. The number of allylic oxidation sites excluding steroid dienone is 2. The highest BCUT2D eigenvalue weighted by molar-refractivity contribution is 5.83. The van der Waals surface area contributed by atoms with E-state index >= 15 is 0 Å². The van der Waals surface area contributed by atoms with Crippen LogP contribution in [0.25, 0.3) is 10.8 Å². The van der Waals surface area contributed by atoms with E-state index in [1.54, 1.807) is 6.92 Å². The maximum Gasteiger partial charge on any atom is 0.130 e. The summed E-state index contributed by atoms with van der Waals surface area (Å²) in [4.78, 5) is 11.4. The summed E-state index contributed by atoms with van der Waals surface area (Å²) in [5.41, 5.74) is 1.41. The van der Waals surface area contributed by atoms with Gasteiger partial charge in [0.15, 0.2) is 0 Å². The molecule has 1 heteroatoms. The van der Waals surface area contributed by atoms with Gasteiger partial charge in [0.05, 0.1) is 0 Å². The molecule has 0 aliphatic carbocycles. The number of carbonyl (C=O) groups is 1. The number of ketones is 1. The molecule has 0 spiro atoms. The molecule has 0 radical (unpaired) electrons. The second-order valence-corrected chi connectivity index (χ2v) is 7.30. The molecule has 0 saturated carbocycles. The topological polar surface area (TPSA) is 17.1 Å². The molecule has 24 heavy (non-hydrogen) atoms. The van der Waals surface area contributed by atoms with Gasteiger partial charge >= 0.3 is 0 Å². The quantitative estimate of drug-likeness (QED) is 0.388. The van der Waals surface area contributed by atoms with Crippen molar-refractivity contribution in [3.05, 3.63) is 60.2 Å². The summed E-state index contributed by atoms with van der Waals surface area (Å²) in [5, 5.41) is 2.63. The SMILES string of the molecule is CC(=O)C[C@@H](/C=C/CCCc1ccc2ccccc2c1)CC(C)C. The number of hydrogen-bond acceptors (Lipinski definition) is 1. The van der Waals surface area contributed by atoms with Crippen molar-refractivity contribution >= 4 is 16.6 Å². The molecule has 0 N–H and O–H groups in total. The Hall–Kier alpha value is -1.89. The highest BCUT2D eigenvalue weighted by Crippen LogP contribution is 2.19. The number of rotatable bonds is 9. The molecule has 1 atom stereocenters. The molecule has 0 aliphatic rings. The normalized spacial score (nSPS) is 13.0. The lowest BCUT2D eigenvalue weighted by Gasteiger charge is -2.13. The Balaban J connectivity index is 1.82. The van der Waals surface area contributed by atoms with Gasteiger partial charge in [-0.15, -0.1) is 0 Å². The smallest absolute Gasteiger partial charge is 0.130 e. The van der Waals surface area contributed by atoms with Crippen LogP contribution in [0.3, 0.4) is 0 Å². The van der Waals surface area contributed by atoms with Gasteiger partial charge in [0.2, 0.25) is 0 Å². The minimum Gasteiger partial charge on any atom is -0.300 e. The van der Waals surface area contributed by atoms with Crippen LogP contribution in [0.1, 0.15) is 52.0 Å². The lowest BCUT2D eigenvalue weighted by atomic mass is 9.92. The minimum absolute atomic E-state index is 0.293. The molecule has 0 aromatic heterocycles. The summed E-state index contributed by atoms with van der Waals surface area (Å²) in [6.45, 7) is 6.14. The summed E-state index contributed by atoms with van der Waals surface area (Å²) in [6, 6.07) is 15.3. The molecular formula is C23H30O. The van der Waals surface area contributed by atoms with E-state index in [0.29, 0.717) is 24.0 Å². The summed E-state index contributed by atoms with van der Waals surface area (Å²) in [6.07, 6.45) is 9.66. The van der Waals surface area contributed by atoms with Crippen molar-refractivity contribution in [2.75, 3.05) is 0 Å². The fourth-order valence-electron chi connectivity index (χ4n) is 3.31. The second-order valence-electron chi connectivity index (χ2n) is 7.30. The van der Waals surface area contributed by atoms with E-state index in [1.807, 2.05) is 0 Å². The molecule has 0 heterocycles. The zero-order valence-corrected chi connectivity index (χ0v) is 15.3. The molecule has 0 fully saturated rings. The largest absolute Gasteiger partial charge is 0.300 e. The zero-order chi connectivity index (χ0) is 17.4. The van der Waals surface area contributed by atoms with Crippen molar-refractivity contribution in [1.82, 2.24) is 0 Å². The van der Waals surface area contributed by atoms with Gasteiger partial charge in [-0.2, -0.15) is 0 Å². The third kappa shape index (κ3) is 6.31. The third-order valence-corrected chi connectivity index (χ3v) is 4.38. The average molecular weight is 322 g/mol. The fourth-order valence-corrected chi connectivity index (χ4v) is 3.31. The van der Waals surface area contributed by atoms with Crippen LogP contribution >= 0.6 is 0 Å². The van der Waals surface area contributed by atoms with Gasteiger partial charge < -0.3 is 4.79 Å². The van der Waals surface area contributed by atoms with Gasteiger partial charge in [-0.25, -0.2) is 0 Å². The second kappa shape index (κ2) is 9.42. The van der Waals surface area contributed by atoms with Gasteiger partial charge in [-0.1, -0.05) is 68.5 Å². The van der Waals surface area contributed by atoms with Crippen molar-refractivity contribution in [2.45, 2.75) is 52.9 Å². The number of hydrogen-bond donors (Lipinski definition) is 0. The lowest BCUT2D eigenvalue weighted by molar-refractivity contribution is -0.117. The molecule has 0 bridgehead atoms. The number of Topliss-reactive ketones (excluding diaryl/α,β-unsaturated/α-hetero) is 1. The van der Waals surface area contributed by atoms with Crippen LogP contribution in [-0.4, -0.2) is 5.78 Å². The minimum atomic E-state index is 0.293. The van der Waals surface area contributed by atoms with Gasteiger partial charge in [-0.05, 0) is 60.8 Å². The summed E-state index contributed by atoms with van der Waals surface area (Å²) < 4.78 is 0. The van der Waals surface area contributed by atoms with Crippen LogP contribution in [0.5, 0.6) is 0 Å². The Morgan fingerprint density at radius 2 is 1.83 bits per heavy atom. The van der Waals surface area contributed by atoms with E-state index in [2.05, 4.69) is 68.5 Å². The van der Waals surface area contributed by atoms with E-state index in [0.717, 1.165) is 25.7 Å². The number of benzene rings is 2. The number of carbonyl (C=O) groups excluding carboxylic acids is 1.